The molecule has 2 aromatic rings. The Bertz CT molecular complexity index is 1480. The van der Waals surface area contributed by atoms with E-state index >= 15 is 8.78 Å². The normalized spacial score (nSPS) is 33.0. The Kier molecular flexibility index (Phi) is 8.24. The zero-order valence-electron chi connectivity index (χ0n) is 26.2. The number of benzene rings is 1. The van der Waals surface area contributed by atoms with Crippen LogP contribution in [0.4, 0.5) is 8.78 Å². The van der Waals surface area contributed by atoms with Gasteiger partial charge in [-0.15, -0.1) is 0 Å². The first-order valence-electron chi connectivity index (χ1n) is 15.9. The number of hydrogen-bond acceptors (Lipinski definition) is 9. The van der Waals surface area contributed by atoms with E-state index < -0.39 is 59.0 Å². The van der Waals surface area contributed by atoms with E-state index in [1.165, 1.54) is 12.0 Å². The second-order valence-electron chi connectivity index (χ2n) is 13.6. The van der Waals surface area contributed by atoms with Crippen LogP contribution in [-0.2, 0) is 29.8 Å². The molecule has 1 aromatic carbocycles. The maximum Gasteiger partial charge on any atom is 0.307 e. The van der Waals surface area contributed by atoms with Gasteiger partial charge >= 0.3 is 5.97 Å². The fraction of sp³-hybridized carbons (Fsp3) is 0.667. The molecule has 6 rings (SSSR count). The molecule has 2 saturated heterocycles. The minimum atomic E-state index is -3.36. The maximum atomic E-state index is 16.0. The largest absolute Gasteiger partial charge is 0.497 e. The van der Waals surface area contributed by atoms with Crippen molar-refractivity contribution >= 4 is 29.2 Å². The van der Waals surface area contributed by atoms with Gasteiger partial charge in [-0.25, -0.2) is 9.97 Å². The molecule has 6 atom stereocenters. The number of fused-ring (bicyclic) bond motifs is 5. The molecule has 45 heavy (non-hydrogen) atoms. The Labute approximate surface area is 261 Å². The molecular formula is C33H41F2N3O7. The van der Waals surface area contributed by atoms with E-state index in [4.69, 9.17) is 18.9 Å². The maximum absolute atomic E-state index is 16.0. The van der Waals surface area contributed by atoms with Gasteiger partial charge in [0.25, 0.3) is 5.92 Å². The van der Waals surface area contributed by atoms with Gasteiger partial charge in [0.05, 0.1) is 56.3 Å². The summed E-state index contributed by atoms with van der Waals surface area (Å²) in [6.45, 7) is 6.16. The van der Waals surface area contributed by atoms with Gasteiger partial charge in [-0.1, -0.05) is 20.3 Å². The number of hydrogen-bond donors (Lipinski definition) is 0. The number of aldehydes is 1. The summed E-state index contributed by atoms with van der Waals surface area (Å²) in [4.78, 5) is 50.4. The minimum absolute atomic E-state index is 0.0359. The van der Waals surface area contributed by atoms with Gasteiger partial charge in [0.2, 0.25) is 11.8 Å². The van der Waals surface area contributed by atoms with Crippen molar-refractivity contribution < 1.29 is 42.1 Å². The molecular weight excluding hydrogens is 588 g/mol. The second kappa shape index (κ2) is 11.7. The van der Waals surface area contributed by atoms with Gasteiger partial charge in [-0.3, -0.25) is 9.59 Å². The first kappa shape index (κ1) is 31.6. The third-order valence-corrected chi connectivity index (χ3v) is 10.4. The molecule has 1 saturated carbocycles. The summed E-state index contributed by atoms with van der Waals surface area (Å²) >= 11 is 0. The van der Waals surface area contributed by atoms with Crippen molar-refractivity contribution in [1.82, 2.24) is 14.9 Å². The van der Waals surface area contributed by atoms with Crippen molar-refractivity contribution in [3.63, 3.8) is 0 Å². The molecule has 0 spiro atoms. The van der Waals surface area contributed by atoms with Crippen LogP contribution in [0.15, 0.2) is 18.2 Å². The van der Waals surface area contributed by atoms with Crippen molar-refractivity contribution in [3.8, 4) is 11.6 Å². The zero-order valence-corrected chi connectivity index (χ0v) is 26.2. The number of nitrogens with zero attached hydrogens (tertiary/aromatic N) is 3. The number of carbonyl (C=O) groups excluding carboxylic acids is 3. The van der Waals surface area contributed by atoms with Gasteiger partial charge < -0.3 is 28.6 Å². The first-order chi connectivity index (χ1) is 21.4. The Hall–Kier alpha value is -3.41. The lowest BCUT2D eigenvalue weighted by molar-refractivity contribution is -0.176. The monoisotopic (exact) mass is 629 g/mol. The number of alkyl halides is 2. The van der Waals surface area contributed by atoms with Gasteiger partial charge in [-0.05, 0) is 44.7 Å². The Morgan fingerprint density at radius 1 is 1.13 bits per heavy atom. The average molecular weight is 630 g/mol. The predicted octanol–water partition coefficient (Wildman–Crippen LogP) is 4.85. The van der Waals surface area contributed by atoms with Gasteiger partial charge in [0, 0.05) is 29.7 Å². The van der Waals surface area contributed by atoms with Crippen LogP contribution in [0.2, 0.25) is 0 Å². The van der Waals surface area contributed by atoms with Gasteiger partial charge in [0.15, 0.2) is 5.69 Å². The summed E-state index contributed by atoms with van der Waals surface area (Å²) in [5, 5.41) is 0. The van der Waals surface area contributed by atoms with Crippen LogP contribution >= 0.6 is 0 Å². The fourth-order valence-electron chi connectivity index (χ4n) is 7.30. The number of methoxy groups -OCH3 is 1. The van der Waals surface area contributed by atoms with Crippen molar-refractivity contribution in [3.05, 3.63) is 23.9 Å². The van der Waals surface area contributed by atoms with Crippen LogP contribution in [0.25, 0.3) is 11.0 Å². The third kappa shape index (κ3) is 5.86. The average Bonchev–Trinajstić information content (AvgIpc) is 3.49. The molecule has 1 aliphatic carbocycles. The van der Waals surface area contributed by atoms with E-state index in [1.54, 1.807) is 18.2 Å². The van der Waals surface area contributed by atoms with Crippen LogP contribution < -0.4 is 9.47 Å². The van der Waals surface area contributed by atoms with E-state index in [0.717, 1.165) is 0 Å². The lowest BCUT2D eigenvalue weighted by atomic mass is 9.72. The lowest BCUT2D eigenvalue weighted by Crippen LogP contribution is -2.54. The fourth-order valence-corrected chi connectivity index (χ4v) is 7.30. The topological polar surface area (TPSA) is 117 Å². The summed E-state index contributed by atoms with van der Waals surface area (Å²) in [6, 6.07) is 3.94. The van der Waals surface area contributed by atoms with Crippen molar-refractivity contribution in [2.45, 2.75) is 89.4 Å². The Morgan fingerprint density at radius 2 is 1.91 bits per heavy atom. The summed E-state index contributed by atoms with van der Waals surface area (Å²) in [5.74, 6) is -5.27. The number of aromatic nitrogens is 2. The summed E-state index contributed by atoms with van der Waals surface area (Å²) < 4.78 is 54.9. The van der Waals surface area contributed by atoms with Crippen LogP contribution in [0, 0.1) is 23.2 Å². The highest BCUT2D eigenvalue weighted by Crippen LogP contribution is 2.51. The SMILES string of the molecule is CC[C@@H]1[C@@H]2CN(C(=O)[C@H](C3(C)COC3)CC(=O)O[C@]3(C)C[C@H]3CCCCC(F)(F)c3nc4ccc(OC)cc4nc3O2)[C@@H]1C=O. The molecule has 1 aromatic heterocycles. The number of ether oxygens (including phenoxy) is 4. The summed E-state index contributed by atoms with van der Waals surface area (Å²) in [7, 11) is 1.50. The van der Waals surface area contributed by atoms with Crippen LogP contribution in [0.5, 0.6) is 11.6 Å². The number of rotatable bonds is 4. The molecule has 12 heteroatoms. The molecule has 3 fully saturated rings. The predicted molar refractivity (Wildman–Crippen MR) is 158 cm³/mol. The minimum Gasteiger partial charge on any atom is -0.497 e. The first-order valence-corrected chi connectivity index (χ1v) is 15.9. The van der Waals surface area contributed by atoms with E-state index in [2.05, 4.69) is 9.97 Å². The Balaban J connectivity index is 1.41. The molecule has 4 aliphatic rings. The quantitative estimate of drug-likeness (QED) is 0.346. The zero-order chi connectivity index (χ0) is 32.1. The summed E-state index contributed by atoms with van der Waals surface area (Å²) in [6.07, 6.45) is 1.75. The molecule has 4 heterocycles. The molecule has 0 radical (unpaired) electrons. The molecule has 2 bridgehead atoms. The van der Waals surface area contributed by atoms with E-state index in [-0.39, 0.29) is 42.6 Å². The van der Waals surface area contributed by atoms with E-state index in [0.29, 0.717) is 56.4 Å². The number of carbonyl (C=O) groups is 3. The van der Waals surface area contributed by atoms with Crippen molar-refractivity contribution in [1.29, 1.82) is 0 Å². The molecule has 10 nitrogen and oxygen atoms in total. The number of halogens is 2. The standard InChI is InChI=1S/C33H41F2N3O7/c1-5-21-25(16-39)38-15-26(21)44-29-28(36-23-10-9-20(42-4)12-24(23)37-29)33(34,35)11-7-6-8-19-14-32(19,3)45-27(40)13-22(30(38)41)31(2)17-43-18-31/h9-10,12,16,19,21-22,25-26H,5-8,11,13-15,17-18H2,1-4H3/t19-,21+,22-,25-,26+,32-/m1/s1. The lowest BCUT2D eigenvalue weighted by Gasteiger charge is -2.44. The van der Waals surface area contributed by atoms with Crippen molar-refractivity contribution in [2.75, 3.05) is 26.9 Å². The van der Waals surface area contributed by atoms with Crippen molar-refractivity contribution in [2.24, 2.45) is 23.2 Å². The number of esters is 1. The van der Waals surface area contributed by atoms with Crippen LogP contribution in [0.3, 0.4) is 0 Å². The molecule has 1 amide bonds. The Morgan fingerprint density at radius 3 is 2.58 bits per heavy atom. The van der Waals surface area contributed by atoms with Crippen LogP contribution in [-0.4, -0.2) is 77.6 Å². The number of amides is 1. The smallest absolute Gasteiger partial charge is 0.307 e. The molecule has 244 valence electrons. The highest BCUT2D eigenvalue weighted by molar-refractivity contribution is 5.87. The highest BCUT2D eigenvalue weighted by atomic mass is 19.3. The summed E-state index contributed by atoms with van der Waals surface area (Å²) in [5.41, 5.74) is -1.27. The van der Waals surface area contributed by atoms with E-state index in [9.17, 15) is 14.4 Å². The highest BCUT2D eigenvalue weighted by Gasteiger charge is 2.56. The van der Waals surface area contributed by atoms with Gasteiger partial charge in [0.1, 0.15) is 23.7 Å². The van der Waals surface area contributed by atoms with Crippen LogP contribution in [0.1, 0.15) is 71.4 Å². The van der Waals surface area contributed by atoms with Gasteiger partial charge in [-0.2, -0.15) is 8.78 Å². The molecule has 0 N–H and O–H groups in total. The third-order valence-electron chi connectivity index (χ3n) is 10.4. The molecule has 3 aliphatic heterocycles. The molecule has 0 unspecified atom stereocenters. The second-order valence-corrected chi connectivity index (χ2v) is 13.6. The van der Waals surface area contributed by atoms with E-state index in [1.807, 2.05) is 20.8 Å².